The summed E-state index contributed by atoms with van der Waals surface area (Å²) in [6, 6.07) is 5.78. The van der Waals surface area contributed by atoms with E-state index in [1.54, 1.807) is 21.6 Å². The molecule has 2 aliphatic heterocycles. The van der Waals surface area contributed by atoms with Crippen LogP contribution in [0.5, 0.6) is 5.75 Å². The third-order valence-corrected chi connectivity index (χ3v) is 5.12. The molecule has 0 aliphatic carbocycles. The highest BCUT2D eigenvalue weighted by Gasteiger charge is 2.43. The lowest BCUT2D eigenvalue weighted by molar-refractivity contribution is 0.0647. The molecule has 7 nitrogen and oxygen atoms in total. The Bertz CT molecular complexity index is 939. The Kier molecular flexibility index (Phi) is 3.80. The number of hydrogen-bond donors (Lipinski definition) is 1. The van der Waals surface area contributed by atoms with Crippen LogP contribution in [0.25, 0.3) is 0 Å². The topological polar surface area (TPSA) is 78.7 Å². The first-order chi connectivity index (χ1) is 12.4. The van der Waals surface area contributed by atoms with E-state index in [1.807, 2.05) is 19.0 Å². The van der Waals surface area contributed by atoms with Gasteiger partial charge in [0, 0.05) is 13.1 Å². The van der Waals surface area contributed by atoms with Crippen LogP contribution < -0.4 is 5.56 Å². The van der Waals surface area contributed by atoms with E-state index in [4.69, 9.17) is 0 Å². The first-order valence-corrected chi connectivity index (χ1v) is 8.42. The SMILES string of the molecule is CN(C)C1CC2CN(Cc3ccc(F)cc3)C(=O)c3c(O)c(=O)nc1n32. The summed E-state index contributed by atoms with van der Waals surface area (Å²) in [6.45, 7) is 0.734. The monoisotopic (exact) mass is 358 g/mol. The van der Waals surface area contributed by atoms with Gasteiger partial charge < -0.3 is 14.6 Å². The van der Waals surface area contributed by atoms with Crippen molar-refractivity contribution >= 4 is 5.91 Å². The molecule has 0 bridgehead atoms. The highest BCUT2D eigenvalue weighted by Crippen LogP contribution is 2.41. The van der Waals surface area contributed by atoms with Gasteiger partial charge in [0.15, 0.2) is 5.69 Å². The van der Waals surface area contributed by atoms with E-state index in [2.05, 4.69) is 4.98 Å². The predicted molar refractivity (Wildman–Crippen MR) is 91.4 cm³/mol. The zero-order chi connectivity index (χ0) is 18.6. The molecule has 26 heavy (non-hydrogen) atoms. The number of aromatic nitrogens is 2. The summed E-state index contributed by atoms with van der Waals surface area (Å²) in [6.07, 6.45) is 0.698. The lowest BCUT2D eigenvalue weighted by Crippen LogP contribution is -2.43. The molecule has 4 rings (SSSR count). The minimum atomic E-state index is -0.782. The molecule has 136 valence electrons. The lowest BCUT2D eigenvalue weighted by Gasteiger charge is -2.33. The van der Waals surface area contributed by atoms with Crippen molar-refractivity contribution in [1.82, 2.24) is 19.4 Å². The van der Waals surface area contributed by atoms with E-state index < -0.39 is 17.2 Å². The zero-order valence-electron chi connectivity index (χ0n) is 14.5. The molecule has 1 aromatic heterocycles. The fourth-order valence-electron chi connectivity index (χ4n) is 3.85. The Hall–Kier alpha value is -2.74. The van der Waals surface area contributed by atoms with Crippen molar-refractivity contribution in [2.45, 2.75) is 25.0 Å². The Morgan fingerprint density at radius 1 is 1.27 bits per heavy atom. The van der Waals surface area contributed by atoms with Crippen molar-refractivity contribution in [2.24, 2.45) is 0 Å². The van der Waals surface area contributed by atoms with E-state index in [9.17, 15) is 19.1 Å². The Labute approximate surface area is 149 Å². The second kappa shape index (κ2) is 5.91. The standard InChI is InChI=1S/C18H19FN4O3/c1-21(2)13-7-12-9-22(8-10-3-5-11(19)6-4-10)18(26)14-15(24)17(25)20-16(13)23(12)14/h3-6,12-13,24H,7-9H2,1-2H3. The average Bonchev–Trinajstić information content (AvgIpc) is 2.95. The van der Waals surface area contributed by atoms with Crippen molar-refractivity contribution in [2.75, 3.05) is 20.6 Å². The second-order valence-electron chi connectivity index (χ2n) is 7.02. The maximum atomic E-state index is 13.1. The molecule has 1 N–H and O–H groups in total. The number of aromatic hydroxyl groups is 1. The first-order valence-electron chi connectivity index (χ1n) is 8.42. The molecule has 0 spiro atoms. The quantitative estimate of drug-likeness (QED) is 0.895. The minimum Gasteiger partial charge on any atom is -0.501 e. The van der Waals surface area contributed by atoms with Gasteiger partial charge in [-0.25, -0.2) is 4.39 Å². The molecule has 0 fully saturated rings. The summed E-state index contributed by atoms with van der Waals surface area (Å²) in [7, 11) is 3.79. The lowest BCUT2D eigenvalue weighted by atomic mass is 10.1. The highest BCUT2D eigenvalue weighted by molar-refractivity contribution is 5.96. The number of halogens is 1. The van der Waals surface area contributed by atoms with Gasteiger partial charge in [-0.05, 0) is 38.2 Å². The fourth-order valence-corrected chi connectivity index (χ4v) is 3.85. The van der Waals surface area contributed by atoms with Gasteiger partial charge in [0.2, 0.25) is 5.75 Å². The van der Waals surface area contributed by atoms with Crippen LogP contribution in [0.2, 0.25) is 0 Å². The van der Waals surface area contributed by atoms with Crippen LogP contribution in [-0.4, -0.2) is 51.0 Å². The molecule has 2 aromatic rings. The third kappa shape index (κ3) is 2.48. The largest absolute Gasteiger partial charge is 0.501 e. The third-order valence-electron chi connectivity index (χ3n) is 5.12. The molecular weight excluding hydrogens is 339 g/mol. The molecule has 0 saturated heterocycles. The van der Waals surface area contributed by atoms with Crippen LogP contribution in [0.3, 0.4) is 0 Å². The number of nitrogens with zero attached hydrogens (tertiary/aromatic N) is 4. The van der Waals surface area contributed by atoms with E-state index >= 15 is 0 Å². The number of hydrogen-bond acceptors (Lipinski definition) is 5. The van der Waals surface area contributed by atoms with Gasteiger partial charge in [-0.1, -0.05) is 12.1 Å². The number of rotatable bonds is 3. The average molecular weight is 358 g/mol. The molecule has 3 heterocycles. The zero-order valence-corrected chi connectivity index (χ0v) is 14.5. The normalized spacial score (nSPS) is 21.4. The van der Waals surface area contributed by atoms with Crippen molar-refractivity contribution in [3.8, 4) is 5.75 Å². The molecule has 2 atom stereocenters. The second-order valence-corrected chi connectivity index (χ2v) is 7.02. The maximum absolute atomic E-state index is 13.1. The molecule has 1 amide bonds. The van der Waals surface area contributed by atoms with Crippen LogP contribution in [0, 0.1) is 5.82 Å². The molecule has 0 radical (unpaired) electrons. The van der Waals surface area contributed by atoms with E-state index in [0.29, 0.717) is 18.8 Å². The van der Waals surface area contributed by atoms with Crippen LogP contribution in [-0.2, 0) is 6.54 Å². The van der Waals surface area contributed by atoms with E-state index in [0.717, 1.165) is 5.56 Å². The van der Waals surface area contributed by atoms with Gasteiger partial charge in [0.1, 0.15) is 11.6 Å². The molecule has 1 aromatic carbocycles. The molecule has 2 unspecified atom stereocenters. The van der Waals surface area contributed by atoms with Crippen LogP contribution in [0.15, 0.2) is 29.1 Å². The van der Waals surface area contributed by atoms with Crippen LogP contribution >= 0.6 is 0 Å². The molecule has 0 saturated carbocycles. The summed E-state index contributed by atoms with van der Waals surface area (Å²) in [5, 5.41) is 10.2. The van der Waals surface area contributed by atoms with Crippen molar-refractivity contribution < 1.29 is 14.3 Å². The van der Waals surface area contributed by atoms with Crippen molar-refractivity contribution in [3.63, 3.8) is 0 Å². The van der Waals surface area contributed by atoms with Crippen molar-refractivity contribution in [1.29, 1.82) is 0 Å². The van der Waals surface area contributed by atoms with Crippen LogP contribution in [0.1, 0.15) is 40.4 Å². The summed E-state index contributed by atoms with van der Waals surface area (Å²) in [5.41, 5.74) is 0.00455. The van der Waals surface area contributed by atoms with Gasteiger partial charge in [-0.15, -0.1) is 0 Å². The van der Waals surface area contributed by atoms with Crippen LogP contribution in [0.4, 0.5) is 4.39 Å². The van der Waals surface area contributed by atoms with Crippen molar-refractivity contribution in [3.05, 3.63) is 57.5 Å². The number of benzene rings is 1. The first kappa shape index (κ1) is 16.7. The maximum Gasteiger partial charge on any atom is 0.315 e. The Morgan fingerprint density at radius 3 is 2.62 bits per heavy atom. The Balaban J connectivity index is 1.76. The highest BCUT2D eigenvalue weighted by atomic mass is 19.1. The summed E-state index contributed by atoms with van der Waals surface area (Å²) < 4.78 is 14.8. The molecule has 8 heteroatoms. The summed E-state index contributed by atoms with van der Waals surface area (Å²) >= 11 is 0. The van der Waals surface area contributed by atoms with Gasteiger partial charge in [-0.2, -0.15) is 4.98 Å². The van der Waals surface area contributed by atoms with Gasteiger partial charge in [-0.3, -0.25) is 14.5 Å². The number of amides is 1. The van der Waals surface area contributed by atoms with E-state index in [1.165, 1.54) is 12.1 Å². The van der Waals surface area contributed by atoms with Gasteiger partial charge >= 0.3 is 5.56 Å². The van der Waals surface area contributed by atoms with E-state index in [-0.39, 0.29) is 30.1 Å². The smallest absolute Gasteiger partial charge is 0.315 e. The number of carbonyl (C=O) groups is 1. The predicted octanol–water partition coefficient (Wildman–Crippen LogP) is 1.29. The van der Waals surface area contributed by atoms with Gasteiger partial charge in [0.05, 0.1) is 12.1 Å². The fraction of sp³-hybridized carbons (Fsp3) is 0.389. The molecule has 2 aliphatic rings. The Morgan fingerprint density at radius 2 is 1.96 bits per heavy atom. The van der Waals surface area contributed by atoms with Gasteiger partial charge in [0.25, 0.3) is 5.91 Å². The minimum absolute atomic E-state index is 0.00251. The number of carbonyl (C=O) groups excluding carboxylic acids is 1. The summed E-state index contributed by atoms with van der Waals surface area (Å²) in [5.74, 6) is -0.837. The summed E-state index contributed by atoms with van der Waals surface area (Å²) in [4.78, 5) is 32.6. The molecular formula is C18H19FN4O3.